The first kappa shape index (κ1) is 22.7. The molecule has 0 aliphatic rings. The first-order valence-electron chi connectivity index (χ1n) is 8.45. The van der Waals surface area contributed by atoms with E-state index in [1.54, 1.807) is 24.3 Å². The van der Waals surface area contributed by atoms with E-state index in [0.29, 0.717) is 10.7 Å². The number of hydrogen-bond acceptors (Lipinski definition) is 6. The van der Waals surface area contributed by atoms with Gasteiger partial charge in [0.2, 0.25) is 11.8 Å². The van der Waals surface area contributed by atoms with Gasteiger partial charge in [0.15, 0.2) is 5.11 Å². The van der Waals surface area contributed by atoms with Gasteiger partial charge in [0.25, 0.3) is 11.6 Å². The highest BCUT2D eigenvalue weighted by Crippen LogP contribution is 2.20. The normalized spacial score (nSPS) is 9.90. The van der Waals surface area contributed by atoms with Crippen LogP contribution in [0.4, 0.5) is 11.4 Å². The number of halogens is 1. The number of nitro groups is 1. The number of anilines is 1. The lowest BCUT2D eigenvalue weighted by molar-refractivity contribution is -0.384. The van der Waals surface area contributed by atoms with Gasteiger partial charge in [-0.25, -0.2) is 0 Å². The van der Waals surface area contributed by atoms with Crippen LogP contribution in [0.5, 0.6) is 0 Å². The summed E-state index contributed by atoms with van der Waals surface area (Å²) in [6.45, 7) is 0. The highest BCUT2D eigenvalue weighted by molar-refractivity contribution is 7.80. The maximum atomic E-state index is 12.0. The highest BCUT2D eigenvalue weighted by atomic mass is 35.5. The molecule has 12 heteroatoms. The lowest BCUT2D eigenvalue weighted by Gasteiger charge is -2.11. The second-order valence-electron chi connectivity index (χ2n) is 5.79. The summed E-state index contributed by atoms with van der Waals surface area (Å²) in [7, 11) is 0. The van der Waals surface area contributed by atoms with Crippen LogP contribution in [-0.4, -0.2) is 27.8 Å². The van der Waals surface area contributed by atoms with E-state index in [2.05, 4.69) is 21.5 Å². The van der Waals surface area contributed by atoms with Gasteiger partial charge >= 0.3 is 0 Å². The number of benzene rings is 2. The van der Waals surface area contributed by atoms with E-state index in [4.69, 9.17) is 23.8 Å². The van der Waals surface area contributed by atoms with E-state index in [9.17, 15) is 24.5 Å². The van der Waals surface area contributed by atoms with Crippen molar-refractivity contribution in [1.29, 1.82) is 0 Å². The number of carbonyl (C=O) groups excluding carboxylic acids is 3. The molecule has 10 nitrogen and oxygen atoms in total. The van der Waals surface area contributed by atoms with Gasteiger partial charge in [0.05, 0.1) is 15.6 Å². The molecule has 0 aromatic heterocycles. The standard InChI is InChI=1S/C18H16ClN5O5S/c19-13-3-1-2-4-14(13)20-15(25)9-10-16(26)22-23-18(30)21-17(27)11-5-7-12(8-6-11)24(28)29/h1-8H,9-10H2,(H,20,25)(H,22,26)(H2,21,23,27,30). The molecule has 0 radical (unpaired) electrons. The average Bonchev–Trinajstić information content (AvgIpc) is 2.72. The first-order chi connectivity index (χ1) is 14.3. The summed E-state index contributed by atoms with van der Waals surface area (Å²) in [4.78, 5) is 45.7. The van der Waals surface area contributed by atoms with Crippen molar-refractivity contribution in [2.45, 2.75) is 12.8 Å². The van der Waals surface area contributed by atoms with Gasteiger partial charge in [0.1, 0.15) is 0 Å². The van der Waals surface area contributed by atoms with Gasteiger partial charge in [-0.05, 0) is 36.5 Å². The monoisotopic (exact) mass is 449 g/mol. The number of thiocarbonyl (C=S) groups is 1. The van der Waals surface area contributed by atoms with Gasteiger partial charge < -0.3 is 5.32 Å². The summed E-state index contributed by atoms with van der Waals surface area (Å²) in [5.74, 6) is -1.54. The fourth-order valence-electron chi connectivity index (χ4n) is 2.13. The van der Waals surface area contributed by atoms with Crippen molar-refractivity contribution in [3.63, 3.8) is 0 Å². The second kappa shape index (κ2) is 10.8. The summed E-state index contributed by atoms with van der Waals surface area (Å²) in [6.07, 6.45) is -0.233. The fourth-order valence-corrected chi connectivity index (χ4v) is 2.46. The minimum Gasteiger partial charge on any atom is -0.325 e. The van der Waals surface area contributed by atoms with Crippen LogP contribution in [0.25, 0.3) is 0 Å². The Bertz CT molecular complexity index is 983. The van der Waals surface area contributed by atoms with Crippen LogP contribution in [0.15, 0.2) is 48.5 Å². The number of non-ortho nitro benzene ring substituents is 1. The maximum Gasteiger partial charge on any atom is 0.269 e. The molecule has 0 unspecified atom stereocenters. The number of nitrogens with one attached hydrogen (secondary N) is 4. The SMILES string of the molecule is O=C(CCC(=O)Nc1ccccc1Cl)NNC(=S)NC(=O)c1ccc([N+](=O)[O-])cc1. The zero-order valence-electron chi connectivity index (χ0n) is 15.3. The summed E-state index contributed by atoms with van der Waals surface area (Å²) in [5.41, 5.74) is 5.02. The molecule has 0 fully saturated rings. The van der Waals surface area contributed by atoms with E-state index in [1.165, 1.54) is 24.3 Å². The molecule has 30 heavy (non-hydrogen) atoms. The smallest absolute Gasteiger partial charge is 0.269 e. The molecular weight excluding hydrogens is 434 g/mol. The lowest BCUT2D eigenvalue weighted by Crippen LogP contribution is -2.48. The third-order valence-corrected chi connectivity index (χ3v) is 4.14. The molecule has 2 aromatic carbocycles. The zero-order chi connectivity index (χ0) is 22.1. The van der Waals surface area contributed by atoms with Crippen LogP contribution >= 0.6 is 23.8 Å². The second-order valence-corrected chi connectivity index (χ2v) is 6.60. The number of rotatable bonds is 6. The van der Waals surface area contributed by atoms with Crippen LogP contribution in [0.3, 0.4) is 0 Å². The van der Waals surface area contributed by atoms with Gasteiger partial charge in [-0.1, -0.05) is 23.7 Å². The Morgan fingerprint density at radius 3 is 2.23 bits per heavy atom. The van der Waals surface area contributed by atoms with Crippen LogP contribution < -0.4 is 21.5 Å². The number of carbonyl (C=O) groups is 3. The van der Waals surface area contributed by atoms with Crippen molar-refractivity contribution in [3.05, 3.63) is 69.2 Å². The Balaban J connectivity index is 1.71. The maximum absolute atomic E-state index is 12.0. The molecule has 0 atom stereocenters. The van der Waals surface area contributed by atoms with Crippen LogP contribution in [0.1, 0.15) is 23.2 Å². The topological polar surface area (TPSA) is 142 Å². The third-order valence-electron chi connectivity index (χ3n) is 3.61. The van der Waals surface area contributed by atoms with Gasteiger partial charge in [-0.2, -0.15) is 0 Å². The number of nitro benzene ring substituents is 1. The Morgan fingerprint density at radius 1 is 0.967 bits per heavy atom. The Kier molecular flexibility index (Phi) is 8.20. The number of hydrogen-bond donors (Lipinski definition) is 4. The molecular formula is C18H16ClN5O5S. The van der Waals surface area contributed by atoms with E-state index in [0.717, 1.165) is 0 Å². The van der Waals surface area contributed by atoms with E-state index >= 15 is 0 Å². The summed E-state index contributed by atoms with van der Waals surface area (Å²) >= 11 is 10.8. The largest absolute Gasteiger partial charge is 0.325 e. The molecule has 0 saturated heterocycles. The van der Waals surface area contributed by atoms with Crippen molar-refractivity contribution in [1.82, 2.24) is 16.2 Å². The summed E-state index contributed by atoms with van der Waals surface area (Å²) < 4.78 is 0. The Labute approximate surface area is 181 Å². The molecule has 2 aromatic rings. The molecule has 0 aliphatic carbocycles. The van der Waals surface area contributed by atoms with E-state index in [1.807, 2.05) is 0 Å². The summed E-state index contributed by atoms with van der Waals surface area (Å²) in [6, 6.07) is 11.6. The molecule has 4 N–H and O–H groups in total. The molecule has 0 bridgehead atoms. The minimum absolute atomic E-state index is 0.0966. The highest BCUT2D eigenvalue weighted by Gasteiger charge is 2.12. The van der Waals surface area contributed by atoms with Gasteiger partial charge in [0, 0.05) is 30.5 Å². The van der Waals surface area contributed by atoms with Crippen LogP contribution in [-0.2, 0) is 9.59 Å². The number of para-hydroxylation sites is 1. The van der Waals surface area contributed by atoms with Gasteiger partial charge in [-0.3, -0.25) is 40.7 Å². The van der Waals surface area contributed by atoms with E-state index < -0.39 is 22.6 Å². The number of hydrazine groups is 1. The number of amides is 3. The predicted molar refractivity (Wildman–Crippen MR) is 114 cm³/mol. The summed E-state index contributed by atoms with van der Waals surface area (Å²) in [5, 5.41) is 15.7. The van der Waals surface area contributed by atoms with Crippen LogP contribution in [0.2, 0.25) is 5.02 Å². The molecule has 2 rings (SSSR count). The molecule has 0 heterocycles. The number of nitrogens with zero attached hydrogens (tertiary/aromatic N) is 1. The molecule has 0 spiro atoms. The quantitative estimate of drug-likeness (QED) is 0.301. The molecule has 3 amide bonds. The van der Waals surface area contributed by atoms with Gasteiger partial charge in [-0.15, -0.1) is 0 Å². The average molecular weight is 450 g/mol. The first-order valence-corrected chi connectivity index (χ1v) is 9.24. The van der Waals surface area contributed by atoms with E-state index in [-0.39, 0.29) is 29.2 Å². The lowest BCUT2D eigenvalue weighted by atomic mass is 10.2. The molecule has 0 aliphatic heterocycles. The van der Waals surface area contributed by atoms with Crippen molar-refractivity contribution in [2.75, 3.05) is 5.32 Å². The van der Waals surface area contributed by atoms with Crippen molar-refractivity contribution in [2.24, 2.45) is 0 Å². The van der Waals surface area contributed by atoms with Crippen molar-refractivity contribution < 1.29 is 19.3 Å². The molecule has 156 valence electrons. The third kappa shape index (κ3) is 7.11. The Morgan fingerprint density at radius 2 is 1.60 bits per heavy atom. The predicted octanol–water partition coefficient (Wildman–Crippen LogP) is 2.30. The van der Waals surface area contributed by atoms with Crippen molar-refractivity contribution in [3.8, 4) is 0 Å². The van der Waals surface area contributed by atoms with Crippen molar-refractivity contribution >= 4 is 58.0 Å². The Hall–Kier alpha value is -3.57. The molecule has 0 saturated carbocycles. The minimum atomic E-state index is -0.615. The fraction of sp³-hybridized carbons (Fsp3) is 0.111. The van der Waals surface area contributed by atoms with Crippen LogP contribution in [0, 0.1) is 10.1 Å². The zero-order valence-corrected chi connectivity index (χ0v) is 16.9.